The topological polar surface area (TPSA) is 75.7 Å². The molecule has 130 valence electrons. The molecule has 0 radical (unpaired) electrons. The van der Waals surface area contributed by atoms with Gasteiger partial charge in [0.05, 0.1) is 6.42 Å². The Morgan fingerprint density at radius 1 is 1.33 bits per heavy atom. The predicted octanol–water partition coefficient (Wildman–Crippen LogP) is 2.27. The van der Waals surface area contributed by atoms with Crippen molar-refractivity contribution in [1.82, 2.24) is 10.2 Å². The molecule has 1 atom stereocenters. The minimum atomic E-state index is -0.951. The number of carbonyl (C=O) groups is 3. The van der Waals surface area contributed by atoms with E-state index in [-0.39, 0.29) is 6.42 Å². The predicted molar refractivity (Wildman–Crippen MR) is 91.9 cm³/mol. The third-order valence-electron chi connectivity index (χ3n) is 3.83. The van der Waals surface area contributed by atoms with Gasteiger partial charge >= 0.3 is 12.0 Å². The Bertz CT molecular complexity index is 647. The van der Waals surface area contributed by atoms with Gasteiger partial charge in [-0.15, -0.1) is 11.8 Å². The Labute approximate surface area is 145 Å². The zero-order valence-electron chi connectivity index (χ0n) is 14.1. The van der Waals surface area contributed by atoms with Gasteiger partial charge in [-0.05, 0) is 44.0 Å². The van der Waals surface area contributed by atoms with E-state index in [1.54, 1.807) is 11.8 Å². The van der Waals surface area contributed by atoms with Crippen molar-refractivity contribution in [1.29, 1.82) is 0 Å². The van der Waals surface area contributed by atoms with E-state index in [4.69, 9.17) is 4.74 Å². The molecule has 1 fully saturated rings. The van der Waals surface area contributed by atoms with Crippen LogP contribution in [0.25, 0.3) is 0 Å². The smallest absolute Gasteiger partial charge is 0.324 e. The molecule has 0 aliphatic carbocycles. The number of hydrogen-bond acceptors (Lipinski definition) is 5. The van der Waals surface area contributed by atoms with Crippen LogP contribution in [0.3, 0.4) is 0 Å². The maximum absolute atomic E-state index is 12.0. The molecule has 0 aromatic heterocycles. The van der Waals surface area contributed by atoms with Crippen LogP contribution in [0.4, 0.5) is 4.79 Å². The Kier molecular flexibility index (Phi) is 6.25. The van der Waals surface area contributed by atoms with E-state index >= 15 is 0 Å². The molecule has 0 unspecified atom stereocenters. The fourth-order valence-electron chi connectivity index (χ4n) is 2.26. The average Bonchev–Trinajstić information content (AvgIpc) is 2.96. The lowest BCUT2D eigenvalue weighted by Crippen LogP contribution is -2.41. The van der Waals surface area contributed by atoms with Gasteiger partial charge in [-0.3, -0.25) is 14.5 Å². The first-order chi connectivity index (χ1) is 11.4. The van der Waals surface area contributed by atoms with Crippen LogP contribution in [0.15, 0.2) is 23.1 Å². The fraction of sp³-hybridized carbons (Fsp3) is 0.471. The minimum absolute atomic E-state index is 0.210. The highest BCUT2D eigenvalue weighted by atomic mass is 32.2. The number of benzene rings is 1. The van der Waals surface area contributed by atoms with Crippen LogP contribution in [-0.4, -0.2) is 47.8 Å². The number of nitrogens with zero attached hydrogens (tertiary/aromatic N) is 1. The maximum atomic E-state index is 12.0. The lowest BCUT2D eigenvalue weighted by molar-refractivity contribution is -0.157. The molecule has 1 aromatic carbocycles. The first-order valence-corrected chi connectivity index (χ1v) is 8.86. The largest absolute Gasteiger partial charge is 0.452 e. The third kappa shape index (κ3) is 4.74. The van der Waals surface area contributed by atoms with Crippen LogP contribution in [0.5, 0.6) is 0 Å². The van der Waals surface area contributed by atoms with Gasteiger partial charge in [-0.25, -0.2) is 4.79 Å². The van der Waals surface area contributed by atoms with Crippen molar-refractivity contribution in [2.75, 3.05) is 18.8 Å². The van der Waals surface area contributed by atoms with Gasteiger partial charge < -0.3 is 10.1 Å². The van der Waals surface area contributed by atoms with Gasteiger partial charge in [0.25, 0.3) is 5.91 Å². The first-order valence-electron chi connectivity index (χ1n) is 7.87. The van der Waals surface area contributed by atoms with Crippen molar-refractivity contribution in [3.63, 3.8) is 0 Å². The quantitative estimate of drug-likeness (QED) is 0.629. The summed E-state index contributed by atoms with van der Waals surface area (Å²) in [6.45, 7) is 6.33. The zero-order valence-corrected chi connectivity index (χ0v) is 14.9. The third-order valence-corrected chi connectivity index (χ3v) is 4.83. The van der Waals surface area contributed by atoms with Crippen LogP contribution in [0.2, 0.25) is 0 Å². The second-order valence-corrected chi connectivity index (χ2v) is 6.87. The summed E-state index contributed by atoms with van der Waals surface area (Å²) in [7, 11) is 0. The monoisotopic (exact) mass is 350 g/mol. The molecule has 6 nitrogen and oxygen atoms in total. The summed E-state index contributed by atoms with van der Waals surface area (Å²) in [6.07, 6.45) is -0.741. The van der Waals surface area contributed by atoms with E-state index in [1.807, 2.05) is 6.07 Å². The fourth-order valence-corrected chi connectivity index (χ4v) is 3.19. The van der Waals surface area contributed by atoms with E-state index < -0.39 is 24.0 Å². The molecule has 1 aliphatic heterocycles. The van der Waals surface area contributed by atoms with Gasteiger partial charge in [-0.1, -0.05) is 6.07 Å². The molecule has 1 aliphatic rings. The van der Waals surface area contributed by atoms with E-state index in [9.17, 15) is 14.4 Å². The minimum Gasteiger partial charge on any atom is -0.452 e. The number of hydrogen-bond donors (Lipinski definition) is 1. The van der Waals surface area contributed by atoms with E-state index in [0.717, 1.165) is 9.80 Å². The number of rotatable bonds is 6. The number of nitrogens with one attached hydrogen (secondary N) is 1. The van der Waals surface area contributed by atoms with Crippen molar-refractivity contribution in [3.05, 3.63) is 29.3 Å². The molecule has 0 bridgehead atoms. The highest BCUT2D eigenvalue weighted by molar-refractivity contribution is 7.99. The lowest BCUT2D eigenvalue weighted by atomic mass is 10.1. The number of thioether (sulfide) groups is 1. The van der Waals surface area contributed by atoms with Crippen molar-refractivity contribution >= 4 is 29.7 Å². The molecule has 3 amide bonds. The van der Waals surface area contributed by atoms with Crippen LogP contribution in [-0.2, 0) is 14.3 Å². The lowest BCUT2D eigenvalue weighted by Gasteiger charge is -2.18. The molecule has 1 heterocycles. The molecular weight excluding hydrogens is 328 g/mol. The standard InChI is InChI=1S/C17H22N2O4S/c1-11-4-5-14(10-12(11)2)24-9-6-15(20)23-13(3)16(21)19-8-7-18-17(19)22/h4-5,10,13H,6-9H2,1-3H3,(H,18,22)/t13-/m0/s1. The Morgan fingerprint density at radius 3 is 2.71 bits per heavy atom. The van der Waals surface area contributed by atoms with Gasteiger partial charge in [0.2, 0.25) is 0 Å². The molecule has 1 N–H and O–H groups in total. The van der Waals surface area contributed by atoms with Gasteiger partial charge in [-0.2, -0.15) is 0 Å². The number of esters is 1. The summed E-state index contributed by atoms with van der Waals surface area (Å²) >= 11 is 1.57. The van der Waals surface area contributed by atoms with Crippen LogP contribution < -0.4 is 5.32 Å². The number of ether oxygens (including phenoxy) is 1. The zero-order chi connectivity index (χ0) is 17.7. The Morgan fingerprint density at radius 2 is 2.08 bits per heavy atom. The van der Waals surface area contributed by atoms with Gasteiger partial charge in [0, 0.05) is 23.7 Å². The highest BCUT2D eigenvalue weighted by Crippen LogP contribution is 2.22. The molecule has 7 heteroatoms. The molecule has 24 heavy (non-hydrogen) atoms. The summed E-state index contributed by atoms with van der Waals surface area (Å²) in [5.41, 5.74) is 2.45. The molecule has 1 saturated heterocycles. The second kappa shape index (κ2) is 8.19. The van der Waals surface area contributed by atoms with E-state index in [2.05, 4.69) is 31.3 Å². The first kappa shape index (κ1) is 18.3. The van der Waals surface area contributed by atoms with Crippen molar-refractivity contribution in [2.45, 2.75) is 38.2 Å². The van der Waals surface area contributed by atoms with Crippen LogP contribution in [0, 0.1) is 13.8 Å². The average molecular weight is 350 g/mol. The Balaban J connectivity index is 1.75. The highest BCUT2D eigenvalue weighted by Gasteiger charge is 2.31. The van der Waals surface area contributed by atoms with E-state index in [1.165, 1.54) is 18.1 Å². The number of carbonyl (C=O) groups excluding carboxylic acids is 3. The van der Waals surface area contributed by atoms with Crippen molar-refractivity contribution in [2.24, 2.45) is 0 Å². The van der Waals surface area contributed by atoms with Crippen molar-refractivity contribution in [3.8, 4) is 0 Å². The second-order valence-electron chi connectivity index (χ2n) is 5.70. The summed E-state index contributed by atoms with van der Waals surface area (Å²) in [4.78, 5) is 37.5. The Hall–Kier alpha value is -2.02. The summed E-state index contributed by atoms with van der Waals surface area (Å²) < 4.78 is 5.13. The van der Waals surface area contributed by atoms with E-state index in [0.29, 0.717) is 18.8 Å². The van der Waals surface area contributed by atoms with Crippen LogP contribution in [0.1, 0.15) is 24.5 Å². The number of amides is 3. The number of urea groups is 1. The van der Waals surface area contributed by atoms with Gasteiger partial charge in [0.1, 0.15) is 0 Å². The molecular formula is C17H22N2O4S. The SMILES string of the molecule is Cc1ccc(SCCC(=O)O[C@@H](C)C(=O)N2CCNC2=O)cc1C. The normalized spacial score (nSPS) is 15.1. The number of imide groups is 1. The number of aryl methyl sites for hydroxylation is 2. The summed E-state index contributed by atoms with van der Waals surface area (Å²) in [6, 6.07) is 5.73. The van der Waals surface area contributed by atoms with Crippen molar-refractivity contribution < 1.29 is 19.1 Å². The van der Waals surface area contributed by atoms with Crippen LogP contribution >= 0.6 is 11.8 Å². The maximum Gasteiger partial charge on any atom is 0.324 e. The molecule has 0 saturated carbocycles. The molecule has 2 rings (SSSR count). The summed E-state index contributed by atoms with van der Waals surface area (Å²) in [5.74, 6) is -0.348. The molecule has 0 spiro atoms. The molecule has 1 aromatic rings. The van der Waals surface area contributed by atoms with Gasteiger partial charge in [0.15, 0.2) is 6.10 Å². The summed E-state index contributed by atoms with van der Waals surface area (Å²) in [5, 5.41) is 2.54.